The quantitative estimate of drug-likeness (QED) is 0.566. The summed E-state index contributed by atoms with van der Waals surface area (Å²) in [4.78, 5) is 7.26. The van der Waals surface area contributed by atoms with Gasteiger partial charge in [-0.05, 0) is 51.8 Å². The number of aliphatic imine (C=N–C) groups is 1. The number of nitrogens with zero attached hydrogens (tertiary/aromatic N) is 2. The molecule has 0 radical (unpaired) electrons. The van der Waals surface area contributed by atoms with E-state index in [1.165, 1.54) is 19.4 Å². The largest absolute Gasteiger partial charge is 0.489 e. The fourth-order valence-electron chi connectivity index (χ4n) is 3.72. The summed E-state index contributed by atoms with van der Waals surface area (Å²) in [5.41, 5.74) is 1.15. The minimum absolute atomic E-state index is 0.0119. The third-order valence-electron chi connectivity index (χ3n) is 5.23. The number of benzene rings is 1. The number of hydrogen-bond acceptors (Lipinski definition) is 4. The molecule has 1 aromatic carbocycles. The van der Waals surface area contributed by atoms with Crippen LogP contribution in [0.3, 0.4) is 0 Å². The monoisotopic (exact) mass is 374 g/mol. The topological polar surface area (TPSA) is 58.1 Å². The molecule has 2 fully saturated rings. The highest BCUT2D eigenvalue weighted by Gasteiger charge is 2.32. The Labute approximate surface area is 163 Å². The number of nitrogens with one attached hydrogen (secondary N) is 2. The predicted octanol–water partition coefficient (Wildman–Crippen LogP) is 2.18. The molecule has 2 aliphatic rings. The van der Waals surface area contributed by atoms with Crippen molar-refractivity contribution in [2.45, 2.75) is 51.9 Å². The number of morpholine rings is 1. The van der Waals surface area contributed by atoms with Crippen molar-refractivity contribution in [1.82, 2.24) is 15.5 Å². The molecule has 0 aliphatic carbocycles. The Bertz CT molecular complexity index is 622. The van der Waals surface area contributed by atoms with Crippen molar-refractivity contribution in [2.75, 3.05) is 39.3 Å². The lowest BCUT2D eigenvalue weighted by atomic mass is 10.2. The zero-order valence-electron chi connectivity index (χ0n) is 16.9. The van der Waals surface area contributed by atoms with Gasteiger partial charge in [0.1, 0.15) is 11.9 Å². The average Bonchev–Trinajstić information content (AvgIpc) is 3.13. The van der Waals surface area contributed by atoms with E-state index in [0.717, 1.165) is 43.5 Å². The van der Waals surface area contributed by atoms with E-state index in [-0.39, 0.29) is 12.2 Å². The summed E-state index contributed by atoms with van der Waals surface area (Å²) in [6, 6.07) is 8.73. The van der Waals surface area contributed by atoms with Crippen molar-refractivity contribution in [1.29, 1.82) is 0 Å². The SMILES string of the molecule is CCNC(=NCC(C)Oc1ccccc1C)NCC1CN2CCCC2CO1. The van der Waals surface area contributed by atoms with E-state index < -0.39 is 0 Å². The van der Waals surface area contributed by atoms with E-state index in [1.54, 1.807) is 0 Å². The number of rotatable bonds is 7. The molecule has 0 saturated carbocycles. The third kappa shape index (κ3) is 5.84. The standard InChI is InChI=1S/C21H34N4O2/c1-4-22-21(23-12-17(3)27-20-10-6-5-8-16(20)2)24-13-19-14-25-11-7-9-18(25)15-26-19/h5-6,8,10,17-19H,4,7,9,11-15H2,1-3H3,(H2,22,23,24). The maximum atomic E-state index is 6.03. The lowest BCUT2D eigenvalue weighted by Crippen LogP contribution is -2.51. The zero-order chi connectivity index (χ0) is 19.1. The average molecular weight is 375 g/mol. The molecule has 0 spiro atoms. The van der Waals surface area contributed by atoms with Crippen LogP contribution < -0.4 is 15.4 Å². The summed E-state index contributed by atoms with van der Waals surface area (Å²) >= 11 is 0. The molecule has 3 atom stereocenters. The first-order valence-electron chi connectivity index (χ1n) is 10.3. The van der Waals surface area contributed by atoms with E-state index in [2.05, 4.69) is 42.4 Å². The Morgan fingerprint density at radius 2 is 2.22 bits per heavy atom. The number of aryl methyl sites for hydroxylation is 1. The number of fused-ring (bicyclic) bond motifs is 1. The second-order valence-electron chi connectivity index (χ2n) is 7.54. The van der Waals surface area contributed by atoms with Gasteiger partial charge in [-0.25, -0.2) is 4.99 Å². The van der Waals surface area contributed by atoms with Crippen LogP contribution >= 0.6 is 0 Å². The van der Waals surface area contributed by atoms with Gasteiger partial charge in [-0.1, -0.05) is 18.2 Å². The predicted molar refractivity (Wildman–Crippen MR) is 110 cm³/mol. The van der Waals surface area contributed by atoms with Crippen LogP contribution in [0.4, 0.5) is 0 Å². The molecule has 27 heavy (non-hydrogen) atoms. The first kappa shape index (κ1) is 20.0. The van der Waals surface area contributed by atoms with Crippen molar-refractivity contribution in [3.05, 3.63) is 29.8 Å². The van der Waals surface area contributed by atoms with E-state index >= 15 is 0 Å². The first-order chi connectivity index (χ1) is 13.2. The van der Waals surface area contributed by atoms with Crippen LogP contribution in [-0.4, -0.2) is 68.4 Å². The van der Waals surface area contributed by atoms with Gasteiger partial charge in [-0.3, -0.25) is 4.90 Å². The Morgan fingerprint density at radius 1 is 1.37 bits per heavy atom. The molecule has 3 rings (SSSR count). The summed E-state index contributed by atoms with van der Waals surface area (Å²) in [6.45, 7) is 11.5. The molecule has 2 saturated heterocycles. The van der Waals surface area contributed by atoms with Crippen LogP contribution in [0.15, 0.2) is 29.3 Å². The van der Waals surface area contributed by atoms with Gasteiger partial charge in [-0.2, -0.15) is 0 Å². The fraction of sp³-hybridized carbons (Fsp3) is 0.667. The fourth-order valence-corrected chi connectivity index (χ4v) is 3.72. The summed E-state index contributed by atoms with van der Waals surface area (Å²) < 4.78 is 12.0. The molecule has 3 unspecified atom stereocenters. The minimum Gasteiger partial charge on any atom is -0.489 e. The molecule has 0 aromatic heterocycles. The van der Waals surface area contributed by atoms with Gasteiger partial charge in [0.05, 0.1) is 19.3 Å². The molecule has 0 bridgehead atoms. The van der Waals surface area contributed by atoms with E-state index in [0.29, 0.717) is 12.6 Å². The van der Waals surface area contributed by atoms with Gasteiger partial charge < -0.3 is 20.1 Å². The lowest BCUT2D eigenvalue weighted by Gasteiger charge is -2.35. The van der Waals surface area contributed by atoms with Crippen LogP contribution in [0.1, 0.15) is 32.3 Å². The van der Waals surface area contributed by atoms with Crippen molar-refractivity contribution >= 4 is 5.96 Å². The van der Waals surface area contributed by atoms with Crippen LogP contribution in [0, 0.1) is 6.92 Å². The number of para-hydroxylation sites is 1. The van der Waals surface area contributed by atoms with Crippen molar-refractivity contribution in [3.63, 3.8) is 0 Å². The van der Waals surface area contributed by atoms with Crippen LogP contribution in [0.25, 0.3) is 0 Å². The maximum Gasteiger partial charge on any atom is 0.191 e. The molecular weight excluding hydrogens is 340 g/mol. The number of guanidine groups is 1. The molecule has 6 nitrogen and oxygen atoms in total. The van der Waals surface area contributed by atoms with E-state index in [9.17, 15) is 0 Å². The maximum absolute atomic E-state index is 6.03. The summed E-state index contributed by atoms with van der Waals surface area (Å²) in [5, 5.41) is 6.75. The molecule has 6 heteroatoms. The van der Waals surface area contributed by atoms with Crippen LogP contribution in [0.5, 0.6) is 5.75 Å². The van der Waals surface area contributed by atoms with Gasteiger partial charge >= 0.3 is 0 Å². The zero-order valence-corrected chi connectivity index (χ0v) is 16.9. The van der Waals surface area contributed by atoms with E-state index in [1.807, 2.05) is 18.2 Å². The molecule has 1 aromatic rings. The van der Waals surface area contributed by atoms with Gasteiger partial charge in [0, 0.05) is 25.7 Å². The second-order valence-corrected chi connectivity index (χ2v) is 7.54. The normalized spacial score (nSPS) is 24.3. The summed E-state index contributed by atoms with van der Waals surface area (Å²) in [5.74, 6) is 1.75. The number of ether oxygens (including phenoxy) is 2. The van der Waals surface area contributed by atoms with Crippen molar-refractivity contribution < 1.29 is 9.47 Å². The molecule has 150 valence electrons. The molecule has 2 heterocycles. The number of hydrogen-bond donors (Lipinski definition) is 2. The Balaban J connectivity index is 1.46. The summed E-state index contributed by atoms with van der Waals surface area (Å²) in [6.07, 6.45) is 2.82. The van der Waals surface area contributed by atoms with Gasteiger partial charge in [0.25, 0.3) is 0 Å². The third-order valence-corrected chi connectivity index (χ3v) is 5.23. The second kappa shape index (κ2) is 9.95. The lowest BCUT2D eigenvalue weighted by molar-refractivity contribution is -0.0453. The van der Waals surface area contributed by atoms with Gasteiger partial charge in [0.15, 0.2) is 5.96 Å². The highest BCUT2D eigenvalue weighted by Crippen LogP contribution is 2.22. The highest BCUT2D eigenvalue weighted by molar-refractivity contribution is 5.79. The van der Waals surface area contributed by atoms with Crippen LogP contribution in [0.2, 0.25) is 0 Å². The first-order valence-corrected chi connectivity index (χ1v) is 10.3. The van der Waals surface area contributed by atoms with Gasteiger partial charge in [-0.15, -0.1) is 0 Å². The minimum atomic E-state index is 0.0119. The summed E-state index contributed by atoms with van der Waals surface area (Å²) in [7, 11) is 0. The molecule has 2 N–H and O–H groups in total. The Morgan fingerprint density at radius 3 is 3.04 bits per heavy atom. The Hall–Kier alpha value is -1.79. The van der Waals surface area contributed by atoms with Crippen molar-refractivity contribution in [2.24, 2.45) is 4.99 Å². The smallest absolute Gasteiger partial charge is 0.191 e. The highest BCUT2D eigenvalue weighted by atomic mass is 16.5. The van der Waals surface area contributed by atoms with Crippen LogP contribution in [-0.2, 0) is 4.74 Å². The van der Waals surface area contributed by atoms with Crippen molar-refractivity contribution in [3.8, 4) is 5.75 Å². The molecule has 2 aliphatic heterocycles. The van der Waals surface area contributed by atoms with Gasteiger partial charge in [0.2, 0.25) is 0 Å². The molecule has 0 amide bonds. The van der Waals surface area contributed by atoms with E-state index in [4.69, 9.17) is 14.5 Å². The Kier molecular flexibility index (Phi) is 7.35. The molecular formula is C21H34N4O2.